The molecule has 0 saturated carbocycles. The van der Waals surface area contributed by atoms with Gasteiger partial charge in [0.05, 0.1) is 16.0 Å². The second kappa shape index (κ2) is 6.32. The van der Waals surface area contributed by atoms with Gasteiger partial charge >= 0.3 is 0 Å². The van der Waals surface area contributed by atoms with Gasteiger partial charge in [-0.15, -0.1) is 11.3 Å². The fourth-order valence-electron chi connectivity index (χ4n) is 1.89. The van der Waals surface area contributed by atoms with Crippen LogP contribution in [0.15, 0.2) is 15.9 Å². The highest BCUT2D eigenvalue weighted by atomic mass is 79.9. The van der Waals surface area contributed by atoms with Gasteiger partial charge in [0.25, 0.3) is 0 Å². The molecule has 0 aliphatic heterocycles. The molecule has 0 aliphatic rings. The highest BCUT2D eigenvalue weighted by Crippen LogP contribution is 2.29. The van der Waals surface area contributed by atoms with Gasteiger partial charge in [0, 0.05) is 17.9 Å². The van der Waals surface area contributed by atoms with Crippen molar-refractivity contribution in [3.63, 3.8) is 0 Å². The van der Waals surface area contributed by atoms with Crippen LogP contribution in [0.2, 0.25) is 0 Å². The molecular weight excluding hydrogens is 300 g/mol. The van der Waals surface area contributed by atoms with Crippen LogP contribution in [0.1, 0.15) is 32.6 Å². The minimum absolute atomic E-state index is 0.0517. The molecular formula is C13H21BrO2S. The van der Waals surface area contributed by atoms with Crippen molar-refractivity contribution in [2.45, 2.75) is 46.3 Å². The molecule has 0 bridgehead atoms. The molecule has 4 heteroatoms. The molecule has 0 saturated heterocycles. The number of ether oxygens (including phenoxy) is 1. The van der Waals surface area contributed by atoms with Crippen LogP contribution < -0.4 is 0 Å². The zero-order chi connectivity index (χ0) is 13.1. The molecule has 17 heavy (non-hydrogen) atoms. The summed E-state index contributed by atoms with van der Waals surface area (Å²) in [4.78, 5) is 1.18. The highest BCUT2D eigenvalue weighted by molar-refractivity contribution is 9.11. The first kappa shape index (κ1) is 15.2. The number of thiophene rings is 1. The van der Waals surface area contributed by atoms with Crippen LogP contribution in [0.5, 0.6) is 0 Å². The minimum atomic E-state index is -0.458. The van der Waals surface area contributed by atoms with Crippen LogP contribution in [-0.2, 0) is 11.2 Å². The number of halogens is 1. The van der Waals surface area contributed by atoms with Gasteiger partial charge in [-0.3, -0.25) is 0 Å². The zero-order valence-electron chi connectivity index (χ0n) is 10.9. The quantitative estimate of drug-likeness (QED) is 0.892. The van der Waals surface area contributed by atoms with Crippen molar-refractivity contribution in [3.8, 4) is 0 Å². The predicted molar refractivity (Wildman–Crippen MR) is 76.6 cm³/mol. The van der Waals surface area contributed by atoms with Crippen molar-refractivity contribution in [2.75, 3.05) is 6.61 Å². The summed E-state index contributed by atoms with van der Waals surface area (Å²) < 4.78 is 6.79. The lowest BCUT2D eigenvalue weighted by molar-refractivity contribution is -0.0871. The molecule has 1 N–H and O–H groups in total. The van der Waals surface area contributed by atoms with Crippen molar-refractivity contribution >= 4 is 27.3 Å². The maximum atomic E-state index is 10.3. The largest absolute Gasteiger partial charge is 0.390 e. The molecule has 0 amide bonds. The molecule has 0 spiro atoms. The van der Waals surface area contributed by atoms with Crippen LogP contribution in [0, 0.1) is 5.41 Å². The second-order valence-electron chi connectivity index (χ2n) is 5.22. The van der Waals surface area contributed by atoms with Crippen molar-refractivity contribution in [1.82, 2.24) is 0 Å². The third kappa shape index (κ3) is 4.70. The molecule has 1 aromatic heterocycles. The van der Waals surface area contributed by atoms with Gasteiger partial charge in [0.1, 0.15) is 0 Å². The number of rotatable bonds is 5. The molecule has 1 heterocycles. The normalized spacial score (nSPS) is 15.9. The second-order valence-corrected chi connectivity index (χ2v) is 7.77. The summed E-state index contributed by atoms with van der Waals surface area (Å²) >= 11 is 5.10. The number of hydrogen-bond donors (Lipinski definition) is 1. The van der Waals surface area contributed by atoms with Crippen LogP contribution in [-0.4, -0.2) is 23.9 Å². The fraction of sp³-hybridized carbons (Fsp3) is 0.692. The van der Waals surface area contributed by atoms with Gasteiger partial charge < -0.3 is 9.84 Å². The molecule has 2 atom stereocenters. The standard InChI is InChI=1S/C13H21BrO2S/c1-5-16-12(13(2,3)4)10(15)8-9-6-7-11(14)17-9/h6-7,10,12,15H,5,8H2,1-4H3. The first-order valence-electron chi connectivity index (χ1n) is 5.88. The van der Waals surface area contributed by atoms with E-state index in [-0.39, 0.29) is 11.5 Å². The van der Waals surface area contributed by atoms with Crippen LogP contribution in [0.25, 0.3) is 0 Å². The Morgan fingerprint density at radius 2 is 2.06 bits per heavy atom. The number of aliphatic hydroxyl groups excluding tert-OH is 1. The van der Waals surface area contributed by atoms with Crippen molar-refractivity contribution in [2.24, 2.45) is 5.41 Å². The molecule has 1 rings (SSSR count). The Morgan fingerprint density at radius 1 is 1.41 bits per heavy atom. The summed E-state index contributed by atoms with van der Waals surface area (Å²) in [6.45, 7) is 8.89. The third-order valence-corrected chi connectivity index (χ3v) is 4.23. The lowest BCUT2D eigenvalue weighted by Gasteiger charge is -2.34. The average molecular weight is 321 g/mol. The molecule has 1 aromatic rings. The van der Waals surface area contributed by atoms with Gasteiger partial charge in [-0.05, 0) is 40.4 Å². The van der Waals surface area contributed by atoms with E-state index >= 15 is 0 Å². The Hall–Kier alpha value is 0.1000. The summed E-state index contributed by atoms with van der Waals surface area (Å²) in [6.07, 6.45) is 0.0620. The van der Waals surface area contributed by atoms with Crippen LogP contribution >= 0.6 is 27.3 Å². The molecule has 98 valence electrons. The number of aliphatic hydroxyl groups is 1. The molecule has 0 aromatic carbocycles. The van der Waals surface area contributed by atoms with E-state index in [0.717, 1.165) is 3.79 Å². The molecule has 0 fully saturated rings. The Bertz CT molecular complexity index is 343. The van der Waals surface area contributed by atoms with E-state index in [0.29, 0.717) is 13.0 Å². The van der Waals surface area contributed by atoms with E-state index in [2.05, 4.69) is 36.7 Å². The first-order chi connectivity index (χ1) is 7.84. The van der Waals surface area contributed by atoms with Crippen LogP contribution in [0.4, 0.5) is 0 Å². The van der Waals surface area contributed by atoms with E-state index in [1.165, 1.54) is 4.88 Å². The van der Waals surface area contributed by atoms with Gasteiger partial charge in [-0.1, -0.05) is 20.8 Å². The van der Waals surface area contributed by atoms with Crippen molar-refractivity contribution < 1.29 is 9.84 Å². The molecule has 0 radical (unpaired) electrons. The SMILES string of the molecule is CCOC(C(O)Cc1ccc(Br)s1)C(C)(C)C. The highest BCUT2D eigenvalue weighted by Gasteiger charge is 2.32. The van der Waals surface area contributed by atoms with Gasteiger partial charge in [-0.25, -0.2) is 0 Å². The smallest absolute Gasteiger partial charge is 0.0885 e. The summed E-state index contributed by atoms with van der Waals surface area (Å²) in [5.74, 6) is 0. The lowest BCUT2D eigenvalue weighted by Crippen LogP contribution is -2.41. The molecule has 2 nitrogen and oxygen atoms in total. The Labute approximate surface area is 116 Å². The van der Waals surface area contributed by atoms with E-state index in [1.807, 2.05) is 19.1 Å². The third-order valence-electron chi connectivity index (χ3n) is 2.59. The Kier molecular flexibility index (Phi) is 5.64. The van der Waals surface area contributed by atoms with Gasteiger partial charge in [0.15, 0.2) is 0 Å². The summed E-state index contributed by atoms with van der Waals surface area (Å²) in [6, 6.07) is 4.06. The first-order valence-corrected chi connectivity index (χ1v) is 7.49. The maximum absolute atomic E-state index is 10.3. The van der Waals surface area contributed by atoms with Gasteiger partial charge in [-0.2, -0.15) is 0 Å². The van der Waals surface area contributed by atoms with Crippen molar-refractivity contribution in [3.05, 3.63) is 20.8 Å². The Morgan fingerprint density at radius 3 is 2.47 bits per heavy atom. The average Bonchev–Trinajstić information content (AvgIpc) is 2.58. The van der Waals surface area contributed by atoms with E-state index in [1.54, 1.807) is 11.3 Å². The predicted octanol–water partition coefficient (Wildman–Crippen LogP) is 3.87. The summed E-state index contributed by atoms with van der Waals surface area (Å²) in [5, 5.41) is 10.3. The monoisotopic (exact) mass is 320 g/mol. The zero-order valence-corrected chi connectivity index (χ0v) is 13.3. The Balaban J connectivity index is 2.68. The molecule has 2 unspecified atom stereocenters. The fourth-order valence-corrected chi connectivity index (χ4v) is 3.43. The summed E-state index contributed by atoms with van der Waals surface area (Å²) in [5.41, 5.74) is -0.0517. The van der Waals surface area contributed by atoms with E-state index in [4.69, 9.17) is 4.74 Å². The lowest BCUT2D eigenvalue weighted by atomic mass is 9.84. The van der Waals surface area contributed by atoms with E-state index < -0.39 is 6.10 Å². The van der Waals surface area contributed by atoms with E-state index in [9.17, 15) is 5.11 Å². The minimum Gasteiger partial charge on any atom is -0.390 e. The van der Waals surface area contributed by atoms with Crippen molar-refractivity contribution in [1.29, 1.82) is 0 Å². The van der Waals surface area contributed by atoms with Crippen LogP contribution in [0.3, 0.4) is 0 Å². The maximum Gasteiger partial charge on any atom is 0.0885 e. The van der Waals surface area contributed by atoms with Gasteiger partial charge in [0.2, 0.25) is 0 Å². The number of hydrogen-bond acceptors (Lipinski definition) is 3. The summed E-state index contributed by atoms with van der Waals surface area (Å²) in [7, 11) is 0. The topological polar surface area (TPSA) is 29.5 Å². The molecule has 0 aliphatic carbocycles.